The van der Waals surface area contributed by atoms with Crippen LogP contribution >= 0.6 is 11.6 Å². The molecule has 1 N–H and O–H groups in total. The molecule has 1 aliphatic heterocycles. The number of carbonyl (C=O) groups is 1. The highest BCUT2D eigenvalue weighted by atomic mass is 35.5. The van der Waals surface area contributed by atoms with Gasteiger partial charge in [-0.05, 0) is 30.2 Å². The molecular weight excluding hydrogens is 311 g/mol. The van der Waals surface area contributed by atoms with E-state index < -0.39 is 18.9 Å². The Morgan fingerprint density at radius 1 is 1.43 bits per heavy atom. The summed E-state index contributed by atoms with van der Waals surface area (Å²) in [6.07, 6.45) is -4.82. The lowest BCUT2D eigenvalue weighted by molar-refractivity contribution is -0.153. The Hall–Kier alpha value is -1.63. The van der Waals surface area contributed by atoms with Gasteiger partial charge in [0.15, 0.2) is 6.61 Å². The molecule has 1 heterocycles. The molecular formula is C13H13ClF3NO3. The molecule has 0 bridgehead atoms. The Morgan fingerprint density at radius 2 is 2.14 bits per heavy atom. The summed E-state index contributed by atoms with van der Waals surface area (Å²) in [6, 6.07) is 4.41. The van der Waals surface area contributed by atoms with Crippen LogP contribution in [0.5, 0.6) is 5.75 Å². The fourth-order valence-electron chi connectivity index (χ4n) is 2.27. The number of nitrogens with zero attached hydrogens (tertiary/aromatic N) is 1. The van der Waals surface area contributed by atoms with Crippen LogP contribution in [0.25, 0.3) is 0 Å². The van der Waals surface area contributed by atoms with Crippen LogP contribution in [0.4, 0.5) is 18.0 Å². The van der Waals surface area contributed by atoms with Gasteiger partial charge < -0.3 is 14.7 Å². The van der Waals surface area contributed by atoms with Crippen LogP contribution in [0.1, 0.15) is 17.9 Å². The van der Waals surface area contributed by atoms with Gasteiger partial charge in [-0.1, -0.05) is 11.6 Å². The summed E-state index contributed by atoms with van der Waals surface area (Å²) < 4.78 is 41.1. The van der Waals surface area contributed by atoms with Crippen molar-refractivity contribution in [1.29, 1.82) is 0 Å². The molecule has 0 saturated carbocycles. The highest BCUT2D eigenvalue weighted by molar-refractivity contribution is 6.30. The van der Waals surface area contributed by atoms with Crippen molar-refractivity contribution in [2.45, 2.75) is 18.5 Å². The molecule has 1 aromatic rings. The van der Waals surface area contributed by atoms with E-state index in [1.54, 1.807) is 6.07 Å². The third-order valence-electron chi connectivity index (χ3n) is 3.23. The normalized spacial score (nSPS) is 18.9. The fourth-order valence-corrected chi connectivity index (χ4v) is 2.51. The van der Waals surface area contributed by atoms with Crippen molar-refractivity contribution in [3.05, 3.63) is 28.8 Å². The van der Waals surface area contributed by atoms with Gasteiger partial charge >= 0.3 is 12.3 Å². The molecule has 4 nitrogen and oxygen atoms in total. The van der Waals surface area contributed by atoms with Crippen LogP contribution in [-0.2, 0) is 0 Å². The lowest BCUT2D eigenvalue weighted by Gasteiger charge is -2.15. The van der Waals surface area contributed by atoms with Crippen molar-refractivity contribution >= 4 is 17.7 Å². The summed E-state index contributed by atoms with van der Waals surface area (Å²) in [7, 11) is 0. The van der Waals surface area contributed by atoms with Crippen molar-refractivity contribution in [1.82, 2.24) is 4.90 Å². The van der Waals surface area contributed by atoms with Gasteiger partial charge in [0, 0.05) is 24.0 Å². The minimum Gasteiger partial charge on any atom is -0.484 e. The number of halogens is 4. The molecule has 1 amide bonds. The number of benzene rings is 1. The van der Waals surface area contributed by atoms with E-state index in [-0.39, 0.29) is 16.7 Å². The molecule has 21 heavy (non-hydrogen) atoms. The van der Waals surface area contributed by atoms with Crippen molar-refractivity contribution in [2.24, 2.45) is 0 Å². The second-order valence-corrected chi connectivity index (χ2v) is 5.27. The summed E-state index contributed by atoms with van der Waals surface area (Å²) in [4.78, 5) is 12.1. The van der Waals surface area contributed by atoms with E-state index in [1.807, 2.05) is 0 Å². The maximum Gasteiger partial charge on any atom is 0.422 e. The Labute approximate surface area is 124 Å². The number of likely N-dealkylation sites (tertiary alicyclic amines) is 1. The average Bonchev–Trinajstić information content (AvgIpc) is 2.84. The van der Waals surface area contributed by atoms with E-state index in [9.17, 15) is 18.0 Å². The Balaban J connectivity index is 2.10. The summed E-state index contributed by atoms with van der Waals surface area (Å²) >= 11 is 5.89. The number of alkyl halides is 3. The molecule has 8 heteroatoms. The zero-order chi connectivity index (χ0) is 15.6. The third-order valence-corrected chi connectivity index (χ3v) is 3.44. The van der Waals surface area contributed by atoms with Crippen molar-refractivity contribution in [2.75, 3.05) is 19.7 Å². The molecule has 1 aliphatic rings. The maximum absolute atomic E-state index is 12.2. The molecule has 0 radical (unpaired) electrons. The first-order valence-corrected chi connectivity index (χ1v) is 6.60. The highest BCUT2D eigenvalue weighted by Crippen LogP contribution is 2.32. The Morgan fingerprint density at radius 3 is 2.71 bits per heavy atom. The highest BCUT2D eigenvalue weighted by Gasteiger charge is 2.30. The van der Waals surface area contributed by atoms with Crippen molar-refractivity contribution in [3.63, 3.8) is 0 Å². The average molecular weight is 324 g/mol. The Bertz CT molecular complexity index is 536. The maximum atomic E-state index is 12.2. The first-order chi connectivity index (χ1) is 9.74. The van der Waals surface area contributed by atoms with Gasteiger partial charge in [-0.15, -0.1) is 0 Å². The zero-order valence-corrected chi connectivity index (χ0v) is 11.6. The van der Waals surface area contributed by atoms with Crippen LogP contribution in [0.15, 0.2) is 18.2 Å². The number of hydrogen-bond donors (Lipinski definition) is 1. The number of hydrogen-bond acceptors (Lipinski definition) is 2. The zero-order valence-electron chi connectivity index (χ0n) is 10.9. The smallest absolute Gasteiger partial charge is 0.422 e. The first kappa shape index (κ1) is 15.8. The van der Waals surface area contributed by atoms with Gasteiger partial charge in [0.1, 0.15) is 5.75 Å². The van der Waals surface area contributed by atoms with E-state index in [0.717, 1.165) is 0 Å². The van der Waals surface area contributed by atoms with E-state index in [2.05, 4.69) is 4.74 Å². The topological polar surface area (TPSA) is 49.8 Å². The van der Waals surface area contributed by atoms with Gasteiger partial charge in [0.05, 0.1) is 0 Å². The molecule has 1 saturated heterocycles. The van der Waals surface area contributed by atoms with Gasteiger partial charge in [-0.2, -0.15) is 13.2 Å². The second kappa shape index (κ2) is 6.01. The van der Waals surface area contributed by atoms with Crippen LogP contribution < -0.4 is 4.74 Å². The molecule has 0 aliphatic carbocycles. The second-order valence-electron chi connectivity index (χ2n) is 4.84. The number of amides is 1. The molecule has 0 aromatic heterocycles. The number of carboxylic acid groups (broad SMARTS) is 1. The third kappa shape index (κ3) is 4.42. The quantitative estimate of drug-likeness (QED) is 0.921. The van der Waals surface area contributed by atoms with Crippen LogP contribution in [-0.4, -0.2) is 42.0 Å². The monoisotopic (exact) mass is 323 g/mol. The molecule has 1 unspecified atom stereocenters. The predicted octanol–water partition coefficient (Wildman–Crippen LogP) is 3.75. The minimum absolute atomic E-state index is 0.0311. The Kier molecular flexibility index (Phi) is 4.51. The lowest BCUT2D eigenvalue weighted by atomic mass is 9.98. The van der Waals surface area contributed by atoms with Gasteiger partial charge in [0.2, 0.25) is 0 Å². The van der Waals surface area contributed by atoms with E-state index in [4.69, 9.17) is 16.7 Å². The predicted molar refractivity (Wildman–Crippen MR) is 70.0 cm³/mol. The largest absolute Gasteiger partial charge is 0.484 e. The van der Waals surface area contributed by atoms with Crippen molar-refractivity contribution < 1.29 is 27.8 Å². The van der Waals surface area contributed by atoms with Gasteiger partial charge in [0.25, 0.3) is 0 Å². The van der Waals surface area contributed by atoms with E-state index in [0.29, 0.717) is 25.1 Å². The van der Waals surface area contributed by atoms with Crippen LogP contribution in [0, 0.1) is 0 Å². The van der Waals surface area contributed by atoms with Crippen LogP contribution in [0.3, 0.4) is 0 Å². The molecule has 2 rings (SSSR count). The first-order valence-electron chi connectivity index (χ1n) is 6.22. The van der Waals surface area contributed by atoms with E-state index >= 15 is 0 Å². The molecule has 1 fully saturated rings. The molecule has 0 spiro atoms. The molecule has 1 atom stereocenters. The summed E-state index contributed by atoms with van der Waals surface area (Å²) in [5, 5.41) is 9.17. The molecule has 1 aromatic carbocycles. The van der Waals surface area contributed by atoms with Crippen LogP contribution in [0.2, 0.25) is 5.02 Å². The number of rotatable bonds is 3. The van der Waals surface area contributed by atoms with Crippen molar-refractivity contribution in [3.8, 4) is 5.75 Å². The minimum atomic E-state index is -4.42. The number of ether oxygens (including phenoxy) is 1. The van der Waals surface area contributed by atoms with Gasteiger partial charge in [-0.25, -0.2) is 4.79 Å². The van der Waals surface area contributed by atoms with Gasteiger partial charge in [-0.3, -0.25) is 0 Å². The van der Waals surface area contributed by atoms with E-state index in [1.165, 1.54) is 17.0 Å². The summed E-state index contributed by atoms with van der Waals surface area (Å²) in [5.41, 5.74) is 0.684. The fraction of sp³-hybridized carbons (Fsp3) is 0.462. The summed E-state index contributed by atoms with van der Waals surface area (Å²) in [5.74, 6) is -0.0587. The SMILES string of the molecule is O=C(O)N1CCC(c2cc(Cl)cc(OCC(F)(F)F)c2)C1. The standard InChI is InChI=1S/C13H13ClF3NO3/c14-10-3-9(8-1-2-18(6-8)12(19)20)4-11(5-10)21-7-13(15,16)17/h3-5,8H,1-2,6-7H2,(H,19,20). The lowest BCUT2D eigenvalue weighted by Crippen LogP contribution is -2.26. The summed E-state index contributed by atoms with van der Waals surface area (Å²) in [6.45, 7) is -0.696. The molecule has 116 valence electrons.